The molecule has 1 saturated carbocycles. The fourth-order valence-corrected chi connectivity index (χ4v) is 2.87. The first-order valence-corrected chi connectivity index (χ1v) is 7.14. The van der Waals surface area contributed by atoms with Crippen molar-refractivity contribution in [2.45, 2.75) is 51.6 Å². The number of nitrogens with zero attached hydrogens (tertiary/aromatic N) is 2. The monoisotopic (exact) mass is 264 g/mol. The van der Waals surface area contributed by atoms with Crippen LogP contribution in [0.15, 0.2) is 6.20 Å². The van der Waals surface area contributed by atoms with Gasteiger partial charge in [-0.15, -0.1) is 0 Å². The van der Waals surface area contributed by atoms with Crippen LogP contribution in [0, 0.1) is 5.92 Å². The molecule has 0 unspecified atom stereocenters. The molecule has 0 bridgehead atoms. The largest absolute Gasteiger partial charge is 0.369 e. The summed E-state index contributed by atoms with van der Waals surface area (Å²) in [6.45, 7) is 2.99. The molecule has 1 aliphatic carbocycles. The Morgan fingerprint density at radius 2 is 2.16 bits per heavy atom. The minimum atomic E-state index is -0.140. The van der Waals surface area contributed by atoms with Crippen molar-refractivity contribution in [2.24, 2.45) is 18.7 Å². The Bertz CT molecular complexity index is 433. The van der Waals surface area contributed by atoms with Gasteiger partial charge in [0.2, 0.25) is 5.91 Å². The van der Waals surface area contributed by atoms with Crippen LogP contribution in [-0.2, 0) is 24.8 Å². The molecule has 0 atom stereocenters. The summed E-state index contributed by atoms with van der Waals surface area (Å²) in [5, 5.41) is 8.02. The number of nitrogens with two attached hydrogens (primary N) is 1. The molecule has 1 aromatic heterocycles. The van der Waals surface area contributed by atoms with Gasteiger partial charge in [-0.2, -0.15) is 5.10 Å². The summed E-state index contributed by atoms with van der Waals surface area (Å²) >= 11 is 0. The van der Waals surface area contributed by atoms with E-state index in [1.807, 2.05) is 11.7 Å². The summed E-state index contributed by atoms with van der Waals surface area (Å²) < 4.78 is 1.87. The normalized spacial score (nSPS) is 23.5. The second kappa shape index (κ2) is 6.19. The van der Waals surface area contributed by atoms with Gasteiger partial charge in [0, 0.05) is 37.3 Å². The molecule has 0 spiro atoms. The fourth-order valence-electron chi connectivity index (χ4n) is 2.87. The first-order chi connectivity index (χ1) is 9.10. The zero-order chi connectivity index (χ0) is 13.8. The van der Waals surface area contributed by atoms with E-state index < -0.39 is 0 Å². The highest BCUT2D eigenvalue weighted by atomic mass is 16.1. The van der Waals surface area contributed by atoms with Crippen LogP contribution in [-0.4, -0.2) is 21.7 Å². The maximum absolute atomic E-state index is 11.1. The van der Waals surface area contributed by atoms with Crippen LogP contribution >= 0.6 is 0 Å². The van der Waals surface area contributed by atoms with E-state index in [2.05, 4.69) is 23.5 Å². The molecule has 19 heavy (non-hydrogen) atoms. The van der Waals surface area contributed by atoms with Gasteiger partial charge in [-0.25, -0.2) is 0 Å². The van der Waals surface area contributed by atoms with Crippen molar-refractivity contribution in [3.8, 4) is 0 Å². The number of rotatable bonds is 5. The highest BCUT2D eigenvalue weighted by Gasteiger charge is 2.24. The average Bonchev–Trinajstić information content (AvgIpc) is 2.77. The van der Waals surface area contributed by atoms with Gasteiger partial charge in [0.05, 0.1) is 5.69 Å². The molecule has 5 nitrogen and oxygen atoms in total. The quantitative estimate of drug-likeness (QED) is 0.837. The Kier molecular flexibility index (Phi) is 4.58. The number of hydrogen-bond donors (Lipinski definition) is 2. The molecule has 2 rings (SSSR count). The number of nitrogens with one attached hydrogen (secondary N) is 1. The smallest absolute Gasteiger partial charge is 0.220 e. The predicted octanol–water partition coefficient (Wildman–Crippen LogP) is 1.12. The fraction of sp³-hybridized carbons (Fsp3) is 0.714. The zero-order valence-electron chi connectivity index (χ0n) is 11.9. The van der Waals surface area contributed by atoms with Crippen LogP contribution in [0.2, 0.25) is 0 Å². The van der Waals surface area contributed by atoms with Crippen molar-refractivity contribution in [3.63, 3.8) is 0 Å². The van der Waals surface area contributed by atoms with E-state index in [0.717, 1.165) is 38.6 Å². The Labute approximate surface area is 114 Å². The molecule has 1 amide bonds. The van der Waals surface area contributed by atoms with Crippen molar-refractivity contribution in [3.05, 3.63) is 17.5 Å². The molecule has 106 valence electrons. The summed E-state index contributed by atoms with van der Waals surface area (Å²) in [4.78, 5) is 11.1. The number of aryl methyl sites for hydroxylation is 2. The SMILES string of the molecule is CCc1nn(C)cc1CNC1CCC(C(N)=O)CC1. The molecule has 1 aromatic rings. The molecule has 0 saturated heterocycles. The molecule has 1 fully saturated rings. The topological polar surface area (TPSA) is 72.9 Å². The lowest BCUT2D eigenvalue weighted by Crippen LogP contribution is -2.36. The van der Waals surface area contributed by atoms with Gasteiger partial charge in [0.25, 0.3) is 0 Å². The third-order valence-corrected chi connectivity index (χ3v) is 4.04. The van der Waals surface area contributed by atoms with E-state index in [1.165, 1.54) is 11.3 Å². The number of hydrogen-bond acceptors (Lipinski definition) is 3. The lowest BCUT2D eigenvalue weighted by atomic mass is 9.85. The summed E-state index contributed by atoms with van der Waals surface area (Å²) in [6.07, 6.45) is 6.96. The summed E-state index contributed by atoms with van der Waals surface area (Å²) in [6, 6.07) is 0.500. The molecule has 5 heteroatoms. The van der Waals surface area contributed by atoms with Crippen LogP contribution in [0.4, 0.5) is 0 Å². The van der Waals surface area contributed by atoms with Crippen LogP contribution in [0.5, 0.6) is 0 Å². The van der Waals surface area contributed by atoms with Gasteiger partial charge in [-0.1, -0.05) is 6.92 Å². The van der Waals surface area contributed by atoms with Gasteiger partial charge in [0.1, 0.15) is 0 Å². The van der Waals surface area contributed by atoms with Crippen molar-refractivity contribution >= 4 is 5.91 Å². The zero-order valence-corrected chi connectivity index (χ0v) is 11.9. The predicted molar refractivity (Wildman–Crippen MR) is 74.4 cm³/mol. The second-order valence-corrected chi connectivity index (χ2v) is 5.46. The summed E-state index contributed by atoms with van der Waals surface area (Å²) in [5.41, 5.74) is 7.79. The third kappa shape index (κ3) is 3.56. The Hall–Kier alpha value is -1.36. The van der Waals surface area contributed by atoms with Gasteiger partial charge in [0.15, 0.2) is 0 Å². The number of primary amides is 1. The number of carbonyl (C=O) groups is 1. The van der Waals surface area contributed by atoms with Gasteiger partial charge >= 0.3 is 0 Å². The first kappa shape index (κ1) is 14.1. The molecule has 0 aromatic carbocycles. The molecule has 0 aliphatic heterocycles. The van der Waals surface area contributed by atoms with E-state index in [1.54, 1.807) is 0 Å². The Balaban J connectivity index is 1.82. The highest BCUT2D eigenvalue weighted by Crippen LogP contribution is 2.24. The lowest BCUT2D eigenvalue weighted by Gasteiger charge is -2.27. The summed E-state index contributed by atoms with van der Waals surface area (Å²) in [5.74, 6) is -0.0541. The van der Waals surface area contributed by atoms with Gasteiger partial charge < -0.3 is 11.1 Å². The standard InChI is InChI=1S/C14H24N4O/c1-3-13-11(9-18(2)17-13)8-16-12-6-4-10(5-7-12)14(15)19/h9-10,12,16H,3-8H2,1-2H3,(H2,15,19). The third-order valence-electron chi connectivity index (χ3n) is 4.04. The second-order valence-electron chi connectivity index (χ2n) is 5.46. The van der Waals surface area contributed by atoms with Crippen LogP contribution < -0.4 is 11.1 Å². The van der Waals surface area contributed by atoms with Crippen LogP contribution in [0.3, 0.4) is 0 Å². The van der Waals surface area contributed by atoms with Crippen molar-refractivity contribution < 1.29 is 4.79 Å². The Morgan fingerprint density at radius 1 is 1.47 bits per heavy atom. The van der Waals surface area contributed by atoms with E-state index in [4.69, 9.17) is 5.73 Å². The molecule has 3 N–H and O–H groups in total. The highest BCUT2D eigenvalue weighted by molar-refractivity contribution is 5.76. The lowest BCUT2D eigenvalue weighted by molar-refractivity contribution is -0.122. The van der Waals surface area contributed by atoms with Crippen molar-refractivity contribution in [1.29, 1.82) is 0 Å². The number of carbonyl (C=O) groups excluding carboxylic acids is 1. The Morgan fingerprint density at radius 3 is 2.74 bits per heavy atom. The van der Waals surface area contributed by atoms with Crippen molar-refractivity contribution in [2.75, 3.05) is 0 Å². The minimum Gasteiger partial charge on any atom is -0.369 e. The van der Waals surface area contributed by atoms with Gasteiger partial charge in [-0.05, 0) is 32.1 Å². The molecule has 1 aliphatic rings. The van der Waals surface area contributed by atoms with E-state index in [0.29, 0.717) is 6.04 Å². The summed E-state index contributed by atoms with van der Waals surface area (Å²) in [7, 11) is 1.96. The molecular formula is C14H24N4O. The van der Waals surface area contributed by atoms with Crippen molar-refractivity contribution in [1.82, 2.24) is 15.1 Å². The average molecular weight is 264 g/mol. The van der Waals surface area contributed by atoms with E-state index in [-0.39, 0.29) is 11.8 Å². The van der Waals surface area contributed by atoms with Crippen LogP contribution in [0.1, 0.15) is 43.9 Å². The van der Waals surface area contributed by atoms with E-state index >= 15 is 0 Å². The minimum absolute atomic E-state index is 0.0858. The molecule has 1 heterocycles. The molecule has 0 radical (unpaired) electrons. The maximum Gasteiger partial charge on any atom is 0.220 e. The first-order valence-electron chi connectivity index (χ1n) is 7.14. The number of amides is 1. The number of aromatic nitrogens is 2. The van der Waals surface area contributed by atoms with Crippen LogP contribution in [0.25, 0.3) is 0 Å². The van der Waals surface area contributed by atoms with E-state index in [9.17, 15) is 4.79 Å². The maximum atomic E-state index is 11.1. The van der Waals surface area contributed by atoms with Gasteiger partial charge in [-0.3, -0.25) is 9.48 Å². The molecular weight excluding hydrogens is 240 g/mol.